The number of rotatable bonds is 3. The van der Waals surface area contributed by atoms with E-state index in [0.717, 1.165) is 32.3 Å². The van der Waals surface area contributed by atoms with E-state index in [1.54, 1.807) is 7.11 Å². The zero-order valence-corrected chi connectivity index (χ0v) is 7.95. The van der Waals surface area contributed by atoms with E-state index < -0.39 is 6.09 Å². The molecule has 0 atom stereocenters. The van der Waals surface area contributed by atoms with Gasteiger partial charge in [0.15, 0.2) is 0 Å². The van der Waals surface area contributed by atoms with Crippen molar-refractivity contribution in [2.24, 2.45) is 5.92 Å². The molecule has 1 aliphatic rings. The molecule has 0 aromatic carbocycles. The van der Waals surface area contributed by atoms with Crippen molar-refractivity contribution < 1.29 is 14.6 Å². The Labute approximate surface area is 78.3 Å². The lowest BCUT2D eigenvalue weighted by Crippen LogP contribution is -2.37. The number of hydrogen-bond acceptors (Lipinski definition) is 2. The Morgan fingerprint density at radius 3 is 2.54 bits per heavy atom. The van der Waals surface area contributed by atoms with Crippen molar-refractivity contribution in [2.45, 2.75) is 31.7 Å². The fourth-order valence-electron chi connectivity index (χ4n) is 1.88. The van der Waals surface area contributed by atoms with E-state index in [0.29, 0.717) is 5.92 Å². The highest BCUT2D eigenvalue weighted by molar-refractivity contribution is 5.64. The standard InChI is InChI=1S/C9H17NO3/c1-13-6-7-2-4-8(5-3-7)10-9(11)12/h7-8,10H,2-6H2,1H3,(H,11,12)/t7-,8-. The van der Waals surface area contributed by atoms with Crippen LogP contribution in [-0.2, 0) is 4.74 Å². The lowest BCUT2D eigenvalue weighted by molar-refractivity contribution is 0.122. The third kappa shape index (κ3) is 3.63. The van der Waals surface area contributed by atoms with Gasteiger partial charge in [0.25, 0.3) is 0 Å². The molecule has 1 saturated carbocycles. The third-order valence-electron chi connectivity index (χ3n) is 2.58. The van der Waals surface area contributed by atoms with Crippen LogP contribution in [0.25, 0.3) is 0 Å². The topological polar surface area (TPSA) is 58.6 Å². The zero-order chi connectivity index (χ0) is 9.68. The molecular weight excluding hydrogens is 170 g/mol. The van der Waals surface area contributed by atoms with Crippen LogP contribution in [0, 0.1) is 5.92 Å². The summed E-state index contributed by atoms with van der Waals surface area (Å²) in [7, 11) is 1.71. The molecule has 4 nitrogen and oxygen atoms in total. The van der Waals surface area contributed by atoms with Gasteiger partial charge in [-0.3, -0.25) is 0 Å². The normalized spacial score (nSPS) is 28.4. The highest BCUT2D eigenvalue weighted by atomic mass is 16.5. The van der Waals surface area contributed by atoms with E-state index in [4.69, 9.17) is 9.84 Å². The molecule has 0 radical (unpaired) electrons. The molecule has 1 fully saturated rings. The quantitative estimate of drug-likeness (QED) is 0.703. The Morgan fingerprint density at radius 2 is 2.08 bits per heavy atom. The minimum atomic E-state index is -0.907. The van der Waals surface area contributed by atoms with Crippen LogP contribution in [0.3, 0.4) is 0 Å². The molecule has 0 aromatic rings. The predicted octanol–water partition coefficient (Wildman–Crippen LogP) is 1.46. The maximum atomic E-state index is 10.3. The van der Waals surface area contributed by atoms with Crippen LogP contribution in [0.15, 0.2) is 0 Å². The van der Waals surface area contributed by atoms with Gasteiger partial charge in [0.05, 0.1) is 0 Å². The predicted molar refractivity (Wildman–Crippen MR) is 48.8 cm³/mol. The number of hydrogen-bond donors (Lipinski definition) is 2. The van der Waals surface area contributed by atoms with E-state index >= 15 is 0 Å². The second kappa shape index (κ2) is 5.07. The highest BCUT2D eigenvalue weighted by Gasteiger charge is 2.21. The van der Waals surface area contributed by atoms with Crippen LogP contribution in [0.4, 0.5) is 4.79 Å². The molecule has 0 unspecified atom stereocenters. The smallest absolute Gasteiger partial charge is 0.404 e. The summed E-state index contributed by atoms with van der Waals surface area (Å²) < 4.78 is 5.06. The third-order valence-corrected chi connectivity index (χ3v) is 2.58. The fraction of sp³-hybridized carbons (Fsp3) is 0.889. The Morgan fingerprint density at radius 1 is 1.46 bits per heavy atom. The molecular formula is C9H17NO3. The first-order valence-corrected chi connectivity index (χ1v) is 4.70. The van der Waals surface area contributed by atoms with Crippen molar-refractivity contribution in [3.63, 3.8) is 0 Å². The molecule has 0 aliphatic heterocycles. The van der Waals surface area contributed by atoms with Crippen LogP contribution in [0.2, 0.25) is 0 Å². The summed E-state index contributed by atoms with van der Waals surface area (Å²) in [6.45, 7) is 0.805. The van der Waals surface area contributed by atoms with Gasteiger partial charge in [0.1, 0.15) is 0 Å². The molecule has 0 bridgehead atoms. The Hall–Kier alpha value is -0.770. The second-order valence-electron chi connectivity index (χ2n) is 3.62. The maximum Gasteiger partial charge on any atom is 0.404 e. The summed E-state index contributed by atoms with van der Waals surface area (Å²) in [5, 5.41) is 11.0. The number of carboxylic acid groups (broad SMARTS) is 1. The highest BCUT2D eigenvalue weighted by Crippen LogP contribution is 2.24. The summed E-state index contributed by atoms with van der Waals surface area (Å²) in [5.41, 5.74) is 0. The van der Waals surface area contributed by atoms with Gasteiger partial charge in [-0.1, -0.05) is 0 Å². The van der Waals surface area contributed by atoms with Crippen LogP contribution < -0.4 is 5.32 Å². The molecule has 0 heterocycles. The first-order valence-electron chi connectivity index (χ1n) is 4.70. The van der Waals surface area contributed by atoms with E-state index in [-0.39, 0.29) is 6.04 Å². The maximum absolute atomic E-state index is 10.3. The molecule has 0 aromatic heterocycles. The minimum absolute atomic E-state index is 0.158. The van der Waals surface area contributed by atoms with Crippen molar-refractivity contribution in [3.8, 4) is 0 Å². The number of ether oxygens (including phenoxy) is 1. The molecule has 1 amide bonds. The summed E-state index contributed by atoms with van der Waals surface area (Å²) >= 11 is 0. The van der Waals surface area contributed by atoms with E-state index in [9.17, 15) is 4.79 Å². The number of nitrogens with one attached hydrogen (secondary N) is 1. The average molecular weight is 187 g/mol. The second-order valence-corrected chi connectivity index (χ2v) is 3.62. The van der Waals surface area contributed by atoms with Gasteiger partial charge in [-0.2, -0.15) is 0 Å². The number of carbonyl (C=O) groups is 1. The SMILES string of the molecule is COC[C@H]1CC[C@H](NC(=O)O)CC1. The van der Waals surface area contributed by atoms with Gasteiger partial charge in [0.2, 0.25) is 0 Å². The van der Waals surface area contributed by atoms with Gasteiger partial charge < -0.3 is 15.2 Å². The molecule has 2 N–H and O–H groups in total. The van der Waals surface area contributed by atoms with Crippen molar-refractivity contribution in [3.05, 3.63) is 0 Å². The minimum Gasteiger partial charge on any atom is -0.465 e. The Bertz CT molecular complexity index is 164. The fourth-order valence-corrected chi connectivity index (χ4v) is 1.88. The Kier molecular flexibility index (Phi) is 4.02. The molecule has 76 valence electrons. The van der Waals surface area contributed by atoms with E-state index in [1.165, 1.54) is 0 Å². The van der Waals surface area contributed by atoms with Crippen molar-refractivity contribution >= 4 is 6.09 Å². The van der Waals surface area contributed by atoms with Crippen molar-refractivity contribution in [2.75, 3.05) is 13.7 Å². The zero-order valence-electron chi connectivity index (χ0n) is 7.95. The molecule has 1 aliphatic carbocycles. The first-order chi connectivity index (χ1) is 6.22. The lowest BCUT2D eigenvalue weighted by Gasteiger charge is -2.27. The summed E-state index contributed by atoms with van der Waals surface area (Å²) in [6, 6.07) is 0.158. The van der Waals surface area contributed by atoms with Crippen LogP contribution >= 0.6 is 0 Å². The first kappa shape index (κ1) is 10.3. The van der Waals surface area contributed by atoms with Crippen molar-refractivity contribution in [1.82, 2.24) is 5.32 Å². The van der Waals surface area contributed by atoms with Gasteiger partial charge in [0, 0.05) is 19.8 Å². The molecule has 1 rings (SSSR count). The summed E-state index contributed by atoms with van der Waals surface area (Å²) in [6.07, 6.45) is 3.12. The monoisotopic (exact) mass is 187 g/mol. The number of methoxy groups -OCH3 is 1. The summed E-state index contributed by atoms with van der Waals surface area (Å²) in [4.78, 5) is 10.3. The lowest BCUT2D eigenvalue weighted by atomic mass is 9.86. The average Bonchev–Trinajstić information content (AvgIpc) is 2.08. The number of amides is 1. The molecule has 13 heavy (non-hydrogen) atoms. The van der Waals surface area contributed by atoms with Crippen LogP contribution in [0.1, 0.15) is 25.7 Å². The van der Waals surface area contributed by atoms with E-state index in [1.807, 2.05) is 0 Å². The van der Waals surface area contributed by atoms with Gasteiger partial charge in [-0.05, 0) is 31.6 Å². The van der Waals surface area contributed by atoms with Gasteiger partial charge in [-0.25, -0.2) is 4.79 Å². The Balaban J connectivity index is 2.18. The van der Waals surface area contributed by atoms with Crippen LogP contribution in [-0.4, -0.2) is 31.0 Å². The molecule has 4 heteroatoms. The summed E-state index contributed by atoms with van der Waals surface area (Å²) in [5.74, 6) is 0.622. The largest absolute Gasteiger partial charge is 0.465 e. The van der Waals surface area contributed by atoms with Crippen LogP contribution in [0.5, 0.6) is 0 Å². The van der Waals surface area contributed by atoms with Gasteiger partial charge in [-0.15, -0.1) is 0 Å². The molecule has 0 saturated heterocycles. The molecule has 0 spiro atoms. The van der Waals surface area contributed by atoms with Gasteiger partial charge >= 0.3 is 6.09 Å². The van der Waals surface area contributed by atoms with E-state index in [2.05, 4.69) is 5.32 Å². The van der Waals surface area contributed by atoms with Crippen molar-refractivity contribution in [1.29, 1.82) is 0 Å².